The Kier molecular flexibility index (Phi) is 3.99. The van der Waals surface area contributed by atoms with E-state index in [0.29, 0.717) is 0 Å². The van der Waals surface area contributed by atoms with Gasteiger partial charge in [-0.2, -0.15) is 0 Å². The average Bonchev–Trinajstić information content (AvgIpc) is 2.84. The molecule has 0 saturated carbocycles. The molecule has 0 spiro atoms. The van der Waals surface area contributed by atoms with Crippen molar-refractivity contribution < 1.29 is 9.47 Å². The van der Waals surface area contributed by atoms with Crippen LogP contribution >= 0.6 is 0 Å². The number of rotatable bonds is 3. The summed E-state index contributed by atoms with van der Waals surface area (Å²) in [7, 11) is 1.84. The summed E-state index contributed by atoms with van der Waals surface area (Å²) in [6, 6.07) is 6.67. The lowest BCUT2D eigenvalue weighted by Crippen LogP contribution is -2.30. The minimum absolute atomic E-state index is 0.0700. The highest BCUT2D eigenvalue weighted by atomic mass is 16.5. The molecule has 2 aliphatic heterocycles. The lowest BCUT2D eigenvalue weighted by Gasteiger charge is -2.26. The van der Waals surface area contributed by atoms with E-state index in [1.54, 1.807) is 0 Å². The lowest BCUT2D eigenvalue weighted by atomic mass is 9.97. The van der Waals surface area contributed by atoms with Crippen molar-refractivity contribution in [3.63, 3.8) is 0 Å². The van der Waals surface area contributed by atoms with Gasteiger partial charge >= 0.3 is 0 Å². The summed E-state index contributed by atoms with van der Waals surface area (Å²) in [4.78, 5) is 2.56. The Morgan fingerprint density at radius 2 is 2.20 bits per heavy atom. The highest BCUT2D eigenvalue weighted by Crippen LogP contribution is 2.28. The summed E-state index contributed by atoms with van der Waals surface area (Å²) >= 11 is 0. The molecule has 2 heterocycles. The minimum Gasteiger partial charge on any atom is -0.493 e. The summed E-state index contributed by atoms with van der Waals surface area (Å²) in [6.07, 6.45) is 4.57. The molecule has 0 aromatic heterocycles. The van der Waals surface area contributed by atoms with Crippen molar-refractivity contribution in [2.45, 2.75) is 44.8 Å². The van der Waals surface area contributed by atoms with Gasteiger partial charge in [0.1, 0.15) is 5.75 Å². The first-order valence-electron chi connectivity index (χ1n) is 7.71. The Labute approximate surface area is 121 Å². The molecule has 1 atom stereocenters. The van der Waals surface area contributed by atoms with Crippen LogP contribution in [0.4, 0.5) is 0 Å². The Balaban J connectivity index is 1.63. The Hall–Kier alpha value is -1.06. The SMILES string of the molecule is COC1(C)CCCN(Cc2ccc3c(c2)CCO3)CC1. The lowest BCUT2D eigenvalue weighted by molar-refractivity contribution is -0.00583. The number of methoxy groups -OCH3 is 1. The molecule has 0 radical (unpaired) electrons. The maximum absolute atomic E-state index is 5.67. The van der Waals surface area contributed by atoms with Crippen molar-refractivity contribution in [1.29, 1.82) is 0 Å². The van der Waals surface area contributed by atoms with Crippen molar-refractivity contribution in [1.82, 2.24) is 4.90 Å². The zero-order chi connectivity index (χ0) is 14.0. The molecule has 1 aromatic rings. The Morgan fingerprint density at radius 3 is 3.05 bits per heavy atom. The van der Waals surface area contributed by atoms with Gasteiger partial charge in [-0.15, -0.1) is 0 Å². The van der Waals surface area contributed by atoms with E-state index in [1.807, 2.05) is 7.11 Å². The van der Waals surface area contributed by atoms with Crippen LogP contribution in [0.1, 0.15) is 37.3 Å². The number of fused-ring (bicyclic) bond motifs is 1. The van der Waals surface area contributed by atoms with Crippen LogP contribution < -0.4 is 4.74 Å². The number of ether oxygens (including phenoxy) is 2. The highest BCUT2D eigenvalue weighted by Gasteiger charge is 2.27. The predicted molar refractivity (Wildman–Crippen MR) is 80.2 cm³/mol. The fourth-order valence-corrected chi connectivity index (χ4v) is 3.27. The molecule has 0 amide bonds. The van der Waals surface area contributed by atoms with Crippen molar-refractivity contribution in [2.24, 2.45) is 0 Å². The smallest absolute Gasteiger partial charge is 0.122 e. The van der Waals surface area contributed by atoms with E-state index >= 15 is 0 Å². The van der Waals surface area contributed by atoms with Crippen LogP contribution in [-0.4, -0.2) is 37.3 Å². The molecule has 2 aliphatic rings. The zero-order valence-electron chi connectivity index (χ0n) is 12.7. The number of likely N-dealkylation sites (tertiary alicyclic amines) is 1. The molecule has 110 valence electrons. The monoisotopic (exact) mass is 275 g/mol. The number of hydrogen-bond donors (Lipinski definition) is 0. The maximum atomic E-state index is 5.67. The van der Waals surface area contributed by atoms with Crippen LogP contribution in [0.15, 0.2) is 18.2 Å². The Bertz CT molecular complexity index is 474. The molecule has 0 bridgehead atoms. The summed E-state index contributed by atoms with van der Waals surface area (Å²) in [5.41, 5.74) is 2.86. The van der Waals surface area contributed by atoms with E-state index in [2.05, 4.69) is 30.0 Å². The summed E-state index contributed by atoms with van der Waals surface area (Å²) in [6.45, 7) is 6.43. The minimum atomic E-state index is 0.0700. The molecule has 0 N–H and O–H groups in total. The van der Waals surface area contributed by atoms with Gasteiger partial charge in [0.15, 0.2) is 0 Å². The second kappa shape index (κ2) is 5.74. The van der Waals surface area contributed by atoms with Gasteiger partial charge in [-0.05, 0) is 49.9 Å². The second-order valence-corrected chi connectivity index (χ2v) is 6.32. The first-order valence-corrected chi connectivity index (χ1v) is 7.71. The summed E-state index contributed by atoms with van der Waals surface area (Å²) < 4.78 is 11.2. The van der Waals surface area contributed by atoms with E-state index in [-0.39, 0.29) is 5.60 Å². The first kappa shape index (κ1) is 13.9. The largest absolute Gasteiger partial charge is 0.493 e. The highest BCUT2D eigenvalue weighted by molar-refractivity contribution is 5.39. The van der Waals surface area contributed by atoms with Crippen LogP contribution in [0.5, 0.6) is 5.75 Å². The maximum Gasteiger partial charge on any atom is 0.122 e. The topological polar surface area (TPSA) is 21.7 Å². The molecular weight excluding hydrogens is 250 g/mol. The van der Waals surface area contributed by atoms with E-state index in [9.17, 15) is 0 Å². The van der Waals surface area contributed by atoms with E-state index in [4.69, 9.17) is 9.47 Å². The normalized spacial score (nSPS) is 26.9. The first-order chi connectivity index (χ1) is 9.68. The van der Waals surface area contributed by atoms with Gasteiger partial charge in [0.05, 0.1) is 12.2 Å². The third-order valence-corrected chi connectivity index (χ3v) is 4.79. The van der Waals surface area contributed by atoms with Gasteiger partial charge in [0.25, 0.3) is 0 Å². The van der Waals surface area contributed by atoms with E-state index in [1.165, 1.54) is 24.1 Å². The molecule has 1 saturated heterocycles. The average molecular weight is 275 g/mol. The van der Waals surface area contributed by atoms with Gasteiger partial charge in [-0.3, -0.25) is 4.90 Å². The van der Waals surface area contributed by atoms with Crippen molar-refractivity contribution >= 4 is 0 Å². The third-order valence-electron chi connectivity index (χ3n) is 4.79. The van der Waals surface area contributed by atoms with Gasteiger partial charge in [-0.25, -0.2) is 0 Å². The molecule has 1 aromatic carbocycles. The molecule has 3 rings (SSSR count). The summed E-state index contributed by atoms with van der Waals surface area (Å²) in [5, 5.41) is 0. The van der Waals surface area contributed by atoms with Gasteiger partial charge in [0.2, 0.25) is 0 Å². The molecular formula is C17H25NO2. The second-order valence-electron chi connectivity index (χ2n) is 6.32. The van der Waals surface area contributed by atoms with Gasteiger partial charge in [-0.1, -0.05) is 12.1 Å². The van der Waals surface area contributed by atoms with Crippen molar-refractivity contribution in [2.75, 3.05) is 26.8 Å². The molecule has 1 fully saturated rings. The zero-order valence-corrected chi connectivity index (χ0v) is 12.7. The van der Waals surface area contributed by atoms with Crippen LogP contribution in [0, 0.1) is 0 Å². The fourth-order valence-electron chi connectivity index (χ4n) is 3.27. The van der Waals surface area contributed by atoms with Crippen LogP contribution in [-0.2, 0) is 17.7 Å². The third kappa shape index (κ3) is 2.99. The fraction of sp³-hybridized carbons (Fsp3) is 0.647. The molecule has 3 nitrogen and oxygen atoms in total. The molecule has 20 heavy (non-hydrogen) atoms. The number of hydrogen-bond acceptors (Lipinski definition) is 3. The summed E-state index contributed by atoms with van der Waals surface area (Å²) in [5.74, 6) is 1.08. The van der Waals surface area contributed by atoms with Crippen molar-refractivity contribution in [3.8, 4) is 5.75 Å². The van der Waals surface area contributed by atoms with Crippen LogP contribution in [0.3, 0.4) is 0 Å². The van der Waals surface area contributed by atoms with Crippen LogP contribution in [0.25, 0.3) is 0 Å². The number of nitrogens with zero attached hydrogens (tertiary/aromatic N) is 1. The molecule has 1 unspecified atom stereocenters. The number of benzene rings is 1. The molecule has 3 heteroatoms. The van der Waals surface area contributed by atoms with Gasteiger partial charge in [0, 0.05) is 26.6 Å². The Morgan fingerprint density at radius 1 is 1.30 bits per heavy atom. The standard InChI is InChI=1S/C17H25NO2/c1-17(19-2)7-3-9-18(10-8-17)13-14-4-5-16-15(12-14)6-11-20-16/h4-5,12H,3,6-11,13H2,1-2H3. The molecule has 0 aliphatic carbocycles. The van der Waals surface area contributed by atoms with E-state index in [0.717, 1.165) is 44.7 Å². The van der Waals surface area contributed by atoms with E-state index < -0.39 is 0 Å². The quantitative estimate of drug-likeness (QED) is 0.846. The van der Waals surface area contributed by atoms with Crippen molar-refractivity contribution in [3.05, 3.63) is 29.3 Å². The van der Waals surface area contributed by atoms with Gasteiger partial charge < -0.3 is 9.47 Å². The predicted octanol–water partition coefficient (Wildman–Crippen LogP) is 3.01. The van der Waals surface area contributed by atoms with Crippen LogP contribution in [0.2, 0.25) is 0 Å².